The molecular formula is C35H34Cl2N5O2S-. The standard InChI is InChI=1S/C35H35Cl2N5O2S/c1-24(2)33-34(45-30-18-28(36)17-29(37)19-30)42(23-27-13-15-38-16-14-27)32(39-33)20-31(40-35(43)44)41(21-25-9-5-3-6-10-25)22-26-11-7-4-8-12-26/h3-19,24,31,40H,20-23H2,1-2H3,(H,43,44)/p-1. The Balaban J connectivity index is 1.59. The maximum absolute atomic E-state index is 12.2. The second kappa shape index (κ2) is 15.5. The van der Waals surface area contributed by atoms with Crippen molar-refractivity contribution < 1.29 is 9.90 Å². The topological polar surface area (TPSA) is 86.1 Å². The summed E-state index contributed by atoms with van der Waals surface area (Å²) in [5.74, 6) is 0.841. The molecule has 0 aliphatic rings. The van der Waals surface area contributed by atoms with Crippen LogP contribution in [0.1, 0.15) is 48.0 Å². The number of rotatable bonds is 13. The molecule has 2 aromatic heterocycles. The average Bonchev–Trinajstić information content (AvgIpc) is 3.33. The van der Waals surface area contributed by atoms with Gasteiger partial charge in [0.15, 0.2) is 0 Å². The number of carbonyl (C=O) groups is 1. The Morgan fingerprint density at radius 1 is 0.889 bits per heavy atom. The zero-order chi connectivity index (χ0) is 31.8. The number of pyridine rings is 1. The normalized spacial score (nSPS) is 12.0. The Hall–Kier alpha value is -3.82. The predicted octanol–water partition coefficient (Wildman–Crippen LogP) is 7.41. The lowest BCUT2D eigenvalue weighted by atomic mass is 10.1. The number of nitrogens with zero attached hydrogens (tertiary/aromatic N) is 4. The van der Waals surface area contributed by atoms with E-state index in [-0.39, 0.29) is 5.92 Å². The Kier molecular flexibility index (Phi) is 11.2. The van der Waals surface area contributed by atoms with E-state index >= 15 is 0 Å². The van der Waals surface area contributed by atoms with Crippen LogP contribution in [0.3, 0.4) is 0 Å². The number of aromatic nitrogens is 3. The number of hydrogen-bond acceptors (Lipinski definition) is 6. The van der Waals surface area contributed by atoms with Crippen molar-refractivity contribution in [3.8, 4) is 0 Å². The largest absolute Gasteiger partial charge is 0.530 e. The van der Waals surface area contributed by atoms with Gasteiger partial charge in [0.2, 0.25) is 0 Å². The summed E-state index contributed by atoms with van der Waals surface area (Å²) in [6, 6.07) is 29.5. The van der Waals surface area contributed by atoms with Crippen molar-refractivity contribution in [3.63, 3.8) is 0 Å². The molecule has 0 saturated heterocycles. The first-order chi connectivity index (χ1) is 21.7. The third-order valence-corrected chi connectivity index (χ3v) is 8.80. The van der Waals surface area contributed by atoms with E-state index < -0.39 is 12.3 Å². The quantitative estimate of drug-likeness (QED) is 0.133. The summed E-state index contributed by atoms with van der Waals surface area (Å²) in [6.07, 6.45) is 1.86. The van der Waals surface area contributed by atoms with Crippen molar-refractivity contribution in [1.82, 2.24) is 24.8 Å². The lowest BCUT2D eigenvalue weighted by molar-refractivity contribution is -0.253. The monoisotopic (exact) mass is 658 g/mol. The van der Waals surface area contributed by atoms with Gasteiger partial charge in [0.05, 0.1) is 11.9 Å². The summed E-state index contributed by atoms with van der Waals surface area (Å²) >= 11 is 14.3. The molecule has 0 fully saturated rings. The fourth-order valence-corrected chi connectivity index (χ4v) is 7.08. The van der Waals surface area contributed by atoms with Crippen LogP contribution in [0.2, 0.25) is 10.0 Å². The van der Waals surface area contributed by atoms with Gasteiger partial charge in [0.25, 0.3) is 0 Å². The SMILES string of the molecule is CC(C)c1nc(CC(NC(=O)[O-])N(Cc2ccccc2)Cc2ccccc2)n(Cc2ccncc2)c1Sc1cc(Cl)cc(Cl)c1. The molecule has 1 unspecified atom stereocenters. The van der Waals surface area contributed by atoms with Crippen molar-refractivity contribution in [2.24, 2.45) is 0 Å². The van der Waals surface area contributed by atoms with Gasteiger partial charge in [-0.25, -0.2) is 4.98 Å². The summed E-state index contributed by atoms with van der Waals surface area (Å²) in [6.45, 7) is 5.76. The molecule has 1 atom stereocenters. The van der Waals surface area contributed by atoms with Crippen LogP contribution in [0.4, 0.5) is 4.79 Å². The molecule has 0 radical (unpaired) electrons. The Labute approximate surface area is 278 Å². The van der Waals surface area contributed by atoms with Crippen LogP contribution in [-0.2, 0) is 26.1 Å². The minimum absolute atomic E-state index is 0.0943. The van der Waals surface area contributed by atoms with Crippen molar-refractivity contribution in [2.75, 3.05) is 0 Å². The van der Waals surface area contributed by atoms with Crippen LogP contribution in [0.15, 0.2) is 113 Å². The first-order valence-corrected chi connectivity index (χ1v) is 16.2. The predicted molar refractivity (Wildman–Crippen MR) is 178 cm³/mol. The molecule has 0 saturated carbocycles. The second-order valence-corrected chi connectivity index (χ2v) is 13.0. The molecule has 0 aliphatic heterocycles. The van der Waals surface area contributed by atoms with Crippen LogP contribution in [0.5, 0.6) is 0 Å². The molecule has 0 spiro atoms. The van der Waals surface area contributed by atoms with Crippen molar-refractivity contribution in [3.05, 3.63) is 142 Å². The van der Waals surface area contributed by atoms with Gasteiger partial charge in [0, 0.05) is 53.4 Å². The second-order valence-electron chi connectivity index (χ2n) is 11.0. The van der Waals surface area contributed by atoms with E-state index in [4.69, 9.17) is 28.2 Å². The lowest BCUT2D eigenvalue weighted by Gasteiger charge is -2.33. The van der Waals surface area contributed by atoms with E-state index in [1.165, 1.54) is 0 Å². The van der Waals surface area contributed by atoms with E-state index in [2.05, 4.69) is 33.6 Å². The van der Waals surface area contributed by atoms with E-state index in [1.807, 2.05) is 84.9 Å². The van der Waals surface area contributed by atoms with Crippen molar-refractivity contribution in [2.45, 2.75) is 61.9 Å². The van der Waals surface area contributed by atoms with Crippen LogP contribution >= 0.6 is 35.0 Å². The highest BCUT2D eigenvalue weighted by Crippen LogP contribution is 2.38. The van der Waals surface area contributed by atoms with Gasteiger partial charge in [0.1, 0.15) is 16.9 Å². The minimum Gasteiger partial charge on any atom is -0.530 e. The van der Waals surface area contributed by atoms with Gasteiger partial charge >= 0.3 is 0 Å². The number of imidazole rings is 1. The summed E-state index contributed by atoms with van der Waals surface area (Å²) in [5.41, 5.74) is 4.08. The highest BCUT2D eigenvalue weighted by atomic mass is 35.5. The third kappa shape index (κ3) is 9.11. The average molecular weight is 660 g/mol. The summed E-state index contributed by atoms with van der Waals surface area (Å²) in [4.78, 5) is 24.5. The van der Waals surface area contributed by atoms with Gasteiger partial charge in [-0.05, 0) is 52.9 Å². The van der Waals surface area contributed by atoms with Gasteiger partial charge < -0.3 is 19.8 Å². The molecule has 3 aromatic carbocycles. The number of amides is 1. The molecule has 5 rings (SSSR count). The van der Waals surface area contributed by atoms with Crippen LogP contribution < -0.4 is 10.4 Å². The van der Waals surface area contributed by atoms with Crippen molar-refractivity contribution >= 4 is 41.1 Å². The number of carboxylic acid groups (broad SMARTS) is 1. The maximum atomic E-state index is 12.2. The van der Waals surface area contributed by atoms with Crippen LogP contribution in [0, 0.1) is 0 Å². The van der Waals surface area contributed by atoms with Gasteiger partial charge in [-0.3, -0.25) is 9.88 Å². The number of carbonyl (C=O) groups excluding carboxylic acids is 1. The van der Waals surface area contributed by atoms with E-state index in [9.17, 15) is 9.90 Å². The first-order valence-electron chi connectivity index (χ1n) is 14.7. The molecule has 0 bridgehead atoms. The van der Waals surface area contributed by atoms with Gasteiger partial charge in [-0.15, -0.1) is 0 Å². The molecule has 7 nitrogen and oxygen atoms in total. The highest BCUT2D eigenvalue weighted by Gasteiger charge is 2.26. The molecule has 1 amide bonds. The summed E-state index contributed by atoms with van der Waals surface area (Å²) < 4.78 is 2.16. The fraction of sp³-hybridized carbons (Fsp3) is 0.229. The van der Waals surface area contributed by atoms with Gasteiger partial charge in [-0.1, -0.05) is 109 Å². The Morgan fingerprint density at radius 2 is 1.47 bits per heavy atom. The first kappa shape index (κ1) is 32.6. The summed E-state index contributed by atoms with van der Waals surface area (Å²) in [5, 5.41) is 16.9. The number of benzene rings is 3. The summed E-state index contributed by atoms with van der Waals surface area (Å²) in [7, 11) is 0. The number of halogens is 2. The molecule has 10 heteroatoms. The Morgan fingerprint density at radius 3 is 2.00 bits per heavy atom. The molecule has 232 valence electrons. The zero-order valence-electron chi connectivity index (χ0n) is 25.1. The molecular weight excluding hydrogens is 625 g/mol. The maximum Gasteiger partial charge on any atom is 0.135 e. The smallest absolute Gasteiger partial charge is 0.135 e. The fourth-order valence-electron chi connectivity index (χ4n) is 5.17. The van der Waals surface area contributed by atoms with E-state index in [0.717, 1.165) is 38.1 Å². The molecule has 1 N–H and O–H groups in total. The van der Waals surface area contributed by atoms with Crippen LogP contribution in [0.25, 0.3) is 0 Å². The van der Waals surface area contributed by atoms with E-state index in [0.29, 0.717) is 36.1 Å². The molecule has 45 heavy (non-hydrogen) atoms. The molecule has 0 aliphatic carbocycles. The lowest BCUT2D eigenvalue weighted by Crippen LogP contribution is -2.53. The zero-order valence-corrected chi connectivity index (χ0v) is 27.4. The van der Waals surface area contributed by atoms with Gasteiger partial charge in [-0.2, -0.15) is 0 Å². The molecule has 5 aromatic rings. The highest BCUT2D eigenvalue weighted by molar-refractivity contribution is 7.99. The van der Waals surface area contributed by atoms with Crippen LogP contribution in [-0.4, -0.2) is 31.7 Å². The van der Waals surface area contributed by atoms with Crippen molar-refractivity contribution in [1.29, 1.82) is 0 Å². The number of nitrogens with one attached hydrogen (secondary N) is 1. The minimum atomic E-state index is -1.34. The Bertz CT molecular complexity index is 1640. The third-order valence-electron chi connectivity index (χ3n) is 7.27. The number of hydrogen-bond donors (Lipinski definition) is 1. The van der Waals surface area contributed by atoms with E-state index in [1.54, 1.807) is 30.2 Å². The molecule has 2 heterocycles.